The topological polar surface area (TPSA) is 183 Å². The Balaban J connectivity index is 1.72. The molecular formula is C23H33F2N4O10P. The summed E-state index contributed by atoms with van der Waals surface area (Å²) >= 11 is 0. The fraction of sp³-hybridized carbons (Fsp3) is 0.652. The van der Waals surface area contributed by atoms with Crippen LogP contribution in [0.4, 0.5) is 14.7 Å². The van der Waals surface area contributed by atoms with Crippen LogP contribution in [0.3, 0.4) is 0 Å². The largest absolute Gasteiger partial charge is 0.480 e. The van der Waals surface area contributed by atoms with E-state index >= 15 is 4.39 Å². The molecule has 0 aliphatic carbocycles. The summed E-state index contributed by atoms with van der Waals surface area (Å²) in [5.41, 5.74) is 3.20. The molecule has 224 valence electrons. The van der Waals surface area contributed by atoms with Gasteiger partial charge >= 0.3 is 19.8 Å². The Morgan fingerprint density at radius 1 is 1.15 bits per heavy atom. The first kappa shape index (κ1) is 31.6. The second-order valence-electron chi connectivity index (χ2n) is 11.1. The summed E-state index contributed by atoms with van der Waals surface area (Å²) in [6, 6.07) is 1.37. The molecule has 3 atom stereocenters. The van der Waals surface area contributed by atoms with Crippen molar-refractivity contribution in [2.45, 2.75) is 66.2 Å². The number of fused-ring (bicyclic) bond motifs is 1. The van der Waals surface area contributed by atoms with E-state index in [1.54, 1.807) is 41.5 Å². The molecule has 0 unspecified atom stereocenters. The Morgan fingerprint density at radius 3 is 2.23 bits per heavy atom. The number of aromatic amines is 1. The molecule has 1 saturated heterocycles. The lowest BCUT2D eigenvalue weighted by Gasteiger charge is -2.25. The van der Waals surface area contributed by atoms with Crippen molar-refractivity contribution in [3.8, 4) is 0 Å². The van der Waals surface area contributed by atoms with Crippen molar-refractivity contribution in [1.82, 2.24) is 14.5 Å². The third-order valence-electron chi connectivity index (χ3n) is 5.56. The lowest BCUT2D eigenvalue weighted by molar-refractivity contribution is -0.195. The molecule has 14 nitrogen and oxygen atoms in total. The van der Waals surface area contributed by atoms with E-state index in [0.717, 1.165) is 0 Å². The van der Waals surface area contributed by atoms with Gasteiger partial charge in [-0.15, -0.1) is 0 Å². The number of esters is 2. The SMILES string of the molecule is CC(C)(C)C(=O)OCOP(=O)(OCOC(=O)C(C)(C)C)OC[C@@]1(F)O[C@@H](n2ccc3c(=O)[nH]c(N)nc32)C[C@@H]1F. The number of anilines is 1. The van der Waals surface area contributed by atoms with Gasteiger partial charge in [0.05, 0.1) is 16.2 Å². The predicted octanol–water partition coefficient (Wildman–Crippen LogP) is 3.48. The third-order valence-corrected chi connectivity index (χ3v) is 6.85. The highest BCUT2D eigenvalue weighted by Gasteiger charge is 2.53. The van der Waals surface area contributed by atoms with Crippen LogP contribution in [0, 0.1) is 10.8 Å². The van der Waals surface area contributed by atoms with Gasteiger partial charge in [-0.05, 0) is 47.6 Å². The fourth-order valence-corrected chi connectivity index (χ4v) is 4.21. The lowest BCUT2D eigenvalue weighted by Crippen LogP contribution is -2.37. The van der Waals surface area contributed by atoms with E-state index < -0.39 is 81.0 Å². The number of phosphoric acid groups is 1. The number of alkyl halides is 2. The Hall–Kier alpha value is -2.91. The number of ether oxygens (including phenoxy) is 3. The number of H-pyrrole nitrogens is 1. The van der Waals surface area contributed by atoms with Gasteiger partial charge in [0, 0.05) is 12.6 Å². The number of nitrogens with two attached hydrogens (primary N) is 1. The number of hydrogen-bond donors (Lipinski definition) is 2. The molecule has 0 amide bonds. The molecule has 40 heavy (non-hydrogen) atoms. The van der Waals surface area contributed by atoms with Gasteiger partial charge in [0.15, 0.2) is 11.8 Å². The van der Waals surface area contributed by atoms with Crippen LogP contribution in [0.1, 0.15) is 54.2 Å². The quantitative estimate of drug-likeness (QED) is 0.232. The maximum absolute atomic E-state index is 15.6. The standard InChI is InChI=1S/C23H33F2N4O10P/c1-21(2,3)18(31)34-11-37-40(33,38-12-35-19(32)22(4,5)6)36-10-23(25)14(24)9-15(39-23)29-8-7-13-16(29)27-20(26)28-17(13)30/h7-8,14-15H,9-12H2,1-6H3,(H3,26,27,28,30)/t14-,15+,23+/m0/s1. The first-order chi connectivity index (χ1) is 18.3. The van der Waals surface area contributed by atoms with E-state index in [4.69, 9.17) is 33.5 Å². The molecule has 0 spiro atoms. The number of nitrogen functional groups attached to an aromatic ring is 1. The number of hydrogen-bond acceptors (Lipinski definition) is 12. The molecule has 0 aromatic carbocycles. The molecule has 0 bridgehead atoms. The van der Waals surface area contributed by atoms with Gasteiger partial charge in [-0.2, -0.15) is 4.98 Å². The normalized spacial score (nSPS) is 22.0. The number of rotatable bonds is 10. The Kier molecular flexibility index (Phi) is 9.11. The molecule has 0 saturated carbocycles. The number of nitrogens with zero attached hydrogens (tertiary/aromatic N) is 2. The van der Waals surface area contributed by atoms with E-state index in [-0.39, 0.29) is 17.0 Å². The minimum absolute atomic E-state index is 0.0299. The maximum atomic E-state index is 15.6. The fourth-order valence-electron chi connectivity index (χ4n) is 3.29. The Labute approximate surface area is 228 Å². The van der Waals surface area contributed by atoms with Crippen LogP contribution in [0.25, 0.3) is 11.0 Å². The zero-order valence-electron chi connectivity index (χ0n) is 22.9. The van der Waals surface area contributed by atoms with Crippen LogP contribution in [0.5, 0.6) is 0 Å². The van der Waals surface area contributed by atoms with Crippen molar-refractivity contribution < 1.29 is 50.7 Å². The van der Waals surface area contributed by atoms with E-state index in [1.165, 1.54) is 16.8 Å². The van der Waals surface area contributed by atoms with Crippen LogP contribution in [0.15, 0.2) is 17.1 Å². The molecule has 2 aromatic rings. The van der Waals surface area contributed by atoms with Crippen molar-refractivity contribution in [2.24, 2.45) is 10.8 Å². The number of carbonyl (C=O) groups excluding carboxylic acids is 2. The number of nitrogens with one attached hydrogen (secondary N) is 1. The molecule has 1 fully saturated rings. The van der Waals surface area contributed by atoms with Gasteiger partial charge in [-0.25, -0.2) is 22.4 Å². The minimum Gasteiger partial charge on any atom is -0.437 e. The predicted molar refractivity (Wildman–Crippen MR) is 135 cm³/mol. The minimum atomic E-state index is -4.81. The molecule has 3 heterocycles. The monoisotopic (exact) mass is 594 g/mol. The summed E-state index contributed by atoms with van der Waals surface area (Å²) in [4.78, 5) is 42.4. The van der Waals surface area contributed by atoms with Crippen molar-refractivity contribution in [3.05, 3.63) is 22.6 Å². The average Bonchev–Trinajstić information content (AvgIpc) is 3.37. The van der Waals surface area contributed by atoms with Crippen molar-refractivity contribution in [2.75, 3.05) is 25.9 Å². The van der Waals surface area contributed by atoms with Crippen LogP contribution in [-0.4, -0.2) is 58.7 Å². The highest BCUT2D eigenvalue weighted by molar-refractivity contribution is 7.48. The first-order valence-corrected chi connectivity index (χ1v) is 13.6. The summed E-state index contributed by atoms with van der Waals surface area (Å²) in [6.45, 7) is 6.20. The van der Waals surface area contributed by atoms with E-state index in [1.807, 2.05) is 0 Å². The molecule has 1 aliphatic rings. The Morgan fingerprint density at radius 2 is 1.70 bits per heavy atom. The number of phosphoric ester groups is 1. The number of halogens is 2. The zero-order chi connectivity index (χ0) is 30.1. The van der Waals surface area contributed by atoms with Gasteiger partial charge < -0.3 is 24.5 Å². The van der Waals surface area contributed by atoms with Gasteiger partial charge in [-0.3, -0.25) is 23.9 Å². The second-order valence-corrected chi connectivity index (χ2v) is 12.7. The zero-order valence-corrected chi connectivity index (χ0v) is 23.8. The van der Waals surface area contributed by atoms with Gasteiger partial charge in [-0.1, -0.05) is 0 Å². The van der Waals surface area contributed by atoms with Crippen LogP contribution < -0.4 is 11.3 Å². The molecule has 1 aliphatic heterocycles. The van der Waals surface area contributed by atoms with Gasteiger partial charge in [0.25, 0.3) is 11.4 Å². The summed E-state index contributed by atoms with van der Waals surface area (Å²) in [6.07, 6.45) is -2.76. The lowest BCUT2D eigenvalue weighted by atomic mass is 9.98. The van der Waals surface area contributed by atoms with Gasteiger partial charge in [0.1, 0.15) is 12.8 Å². The van der Waals surface area contributed by atoms with Crippen LogP contribution >= 0.6 is 7.82 Å². The Bertz CT molecular complexity index is 1320. The molecule has 0 radical (unpaired) electrons. The number of aromatic nitrogens is 3. The maximum Gasteiger partial charge on any atom is 0.480 e. The van der Waals surface area contributed by atoms with Crippen LogP contribution in [0.2, 0.25) is 0 Å². The smallest absolute Gasteiger partial charge is 0.437 e. The summed E-state index contributed by atoms with van der Waals surface area (Å²) < 4.78 is 74.8. The van der Waals surface area contributed by atoms with Crippen molar-refractivity contribution >= 4 is 36.7 Å². The van der Waals surface area contributed by atoms with Crippen LogP contribution in [-0.2, 0) is 41.9 Å². The van der Waals surface area contributed by atoms with Gasteiger partial charge in [0.2, 0.25) is 19.5 Å². The molecule has 2 aromatic heterocycles. The molecule has 17 heteroatoms. The summed E-state index contributed by atoms with van der Waals surface area (Å²) in [5, 5.41) is 0.113. The molecule has 3 N–H and O–H groups in total. The highest BCUT2D eigenvalue weighted by Crippen LogP contribution is 2.52. The summed E-state index contributed by atoms with van der Waals surface area (Å²) in [7, 11) is -4.81. The number of carbonyl (C=O) groups is 2. The summed E-state index contributed by atoms with van der Waals surface area (Å²) in [5.74, 6) is -4.81. The average molecular weight is 595 g/mol. The highest BCUT2D eigenvalue weighted by atomic mass is 31.2. The van der Waals surface area contributed by atoms with Crippen molar-refractivity contribution in [3.63, 3.8) is 0 Å². The van der Waals surface area contributed by atoms with E-state index in [0.29, 0.717) is 0 Å². The van der Waals surface area contributed by atoms with Crippen molar-refractivity contribution in [1.29, 1.82) is 0 Å². The van der Waals surface area contributed by atoms with E-state index in [9.17, 15) is 23.3 Å². The third kappa shape index (κ3) is 7.43. The van der Waals surface area contributed by atoms with E-state index in [2.05, 4.69) is 9.97 Å². The molecular weight excluding hydrogens is 561 g/mol. The molecule has 3 rings (SSSR count). The second kappa shape index (κ2) is 11.5. The first-order valence-electron chi connectivity index (χ1n) is 12.1.